The summed E-state index contributed by atoms with van der Waals surface area (Å²) in [6.45, 7) is 0. The number of carbonyl (C=O) groups excluding carboxylic acids is 1. The van der Waals surface area contributed by atoms with Crippen LogP contribution in [-0.2, 0) is 4.74 Å². The SMILES string of the molecule is COC(=O)c1nc(-c2cccc(F)c2I)c(Cl)c(N)c1Cl. The quantitative estimate of drug-likeness (QED) is 0.562. The maximum Gasteiger partial charge on any atom is 0.358 e. The van der Waals surface area contributed by atoms with E-state index in [1.165, 1.54) is 19.2 Å². The zero-order valence-corrected chi connectivity index (χ0v) is 14.3. The number of esters is 1. The van der Waals surface area contributed by atoms with Crippen molar-refractivity contribution in [2.45, 2.75) is 0 Å². The molecule has 0 bridgehead atoms. The van der Waals surface area contributed by atoms with Crippen LogP contribution in [-0.4, -0.2) is 18.1 Å². The summed E-state index contributed by atoms with van der Waals surface area (Å²) in [6.07, 6.45) is 0. The van der Waals surface area contributed by atoms with Gasteiger partial charge in [0.1, 0.15) is 5.82 Å². The summed E-state index contributed by atoms with van der Waals surface area (Å²) in [7, 11) is 1.19. The highest BCUT2D eigenvalue weighted by Crippen LogP contribution is 2.39. The molecule has 0 aliphatic carbocycles. The summed E-state index contributed by atoms with van der Waals surface area (Å²) < 4.78 is 18.6. The van der Waals surface area contributed by atoms with Gasteiger partial charge in [-0.2, -0.15) is 0 Å². The van der Waals surface area contributed by atoms with Crippen LogP contribution < -0.4 is 5.73 Å². The number of carbonyl (C=O) groups is 1. The lowest BCUT2D eigenvalue weighted by molar-refractivity contribution is 0.0594. The maximum absolute atomic E-state index is 13.7. The molecule has 0 atom stereocenters. The zero-order chi connectivity index (χ0) is 15.7. The van der Waals surface area contributed by atoms with Gasteiger partial charge in [-0.3, -0.25) is 0 Å². The van der Waals surface area contributed by atoms with Gasteiger partial charge in [-0.05, 0) is 28.7 Å². The molecule has 110 valence electrons. The van der Waals surface area contributed by atoms with Crippen molar-refractivity contribution in [1.29, 1.82) is 0 Å². The Labute approximate surface area is 143 Å². The first kappa shape index (κ1) is 16.3. The Morgan fingerprint density at radius 3 is 2.67 bits per heavy atom. The number of nitrogens with zero attached hydrogens (tertiary/aromatic N) is 1. The third kappa shape index (κ3) is 2.93. The number of pyridine rings is 1. The monoisotopic (exact) mass is 440 g/mol. The Morgan fingerprint density at radius 2 is 2.05 bits per heavy atom. The van der Waals surface area contributed by atoms with Gasteiger partial charge in [-0.25, -0.2) is 14.2 Å². The predicted molar refractivity (Wildman–Crippen MR) is 88.1 cm³/mol. The van der Waals surface area contributed by atoms with Gasteiger partial charge in [0.15, 0.2) is 5.69 Å². The molecule has 2 N–H and O–H groups in total. The van der Waals surface area contributed by atoms with Gasteiger partial charge in [-0.15, -0.1) is 0 Å². The van der Waals surface area contributed by atoms with Crippen molar-refractivity contribution in [3.05, 3.63) is 43.3 Å². The highest BCUT2D eigenvalue weighted by atomic mass is 127. The van der Waals surface area contributed by atoms with Crippen LogP contribution >= 0.6 is 45.8 Å². The molecule has 2 aromatic rings. The second kappa shape index (κ2) is 6.33. The molecule has 4 nitrogen and oxygen atoms in total. The standard InChI is InChI=1S/C13H8Cl2FIN2O2/c1-21-13(20)12-8(15)10(18)7(14)11(19-12)5-3-2-4-6(16)9(5)17/h2-4H,1H3,(H2,18,19). The van der Waals surface area contributed by atoms with Crippen molar-refractivity contribution in [3.63, 3.8) is 0 Å². The number of ether oxygens (including phenoxy) is 1. The molecule has 21 heavy (non-hydrogen) atoms. The Hall–Kier alpha value is -1.12. The number of anilines is 1. The van der Waals surface area contributed by atoms with E-state index >= 15 is 0 Å². The first-order valence-corrected chi connectivity index (χ1v) is 7.39. The average Bonchev–Trinajstić information content (AvgIpc) is 2.48. The summed E-state index contributed by atoms with van der Waals surface area (Å²) in [5, 5.41) is -0.0434. The smallest absolute Gasteiger partial charge is 0.358 e. The molecule has 1 aromatic heterocycles. The van der Waals surface area contributed by atoms with Gasteiger partial charge < -0.3 is 10.5 Å². The maximum atomic E-state index is 13.7. The number of hydrogen-bond acceptors (Lipinski definition) is 4. The van der Waals surface area contributed by atoms with Gasteiger partial charge >= 0.3 is 5.97 Å². The van der Waals surface area contributed by atoms with E-state index < -0.39 is 11.8 Å². The molecule has 8 heteroatoms. The van der Waals surface area contributed by atoms with Crippen molar-refractivity contribution in [2.75, 3.05) is 12.8 Å². The van der Waals surface area contributed by atoms with Gasteiger partial charge in [0.25, 0.3) is 0 Å². The van der Waals surface area contributed by atoms with E-state index in [0.717, 1.165) is 0 Å². The fraction of sp³-hybridized carbons (Fsp3) is 0.0769. The van der Waals surface area contributed by atoms with Gasteiger partial charge in [0.05, 0.1) is 32.1 Å². The summed E-state index contributed by atoms with van der Waals surface area (Å²) in [4.78, 5) is 15.8. The van der Waals surface area contributed by atoms with Gasteiger partial charge in [-0.1, -0.05) is 35.3 Å². The number of methoxy groups -OCH3 is 1. The molecule has 0 saturated carbocycles. The van der Waals surface area contributed by atoms with Gasteiger partial charge in [0, 0.05) is 5.56 Å². The van der Waals surface area contributed by atoms with E-state index in [0.29, 0.717) is 9.13 Å². The molecule has 0 unspecified atom stereocenters. The molecule has 2 rings (SSSR count). The van der Waals surface area contributed by atoms with Crippen LogP contribution in [0.5, 0.6) is 0 Å². The van der Waals surface area contributed by atoms with Crippen LogP contribution in [0, 0.1) is 9.39 Å². The summed E-state index contributed by atoms with van der Waals surface area (Å²) in [6, 6.07) is 4.43. The number of nitrogens with two attached hydrogens (primary N) is 1. The molecule has 0 saturated heterocycles. The molecule has 0 amide bonds. The van der Waals surface area contributed by atoms with Crippen LogP contribution in [0.4, 0.5) is 10.1 Å². The lowest BCUT2D eigenvalue weighted by Gasteiger charge is -2.12. The topological polar surface area (TPSA) is 65.2 Å². The number of benzene rings is 1. The Balaban J connectivity index is 2.78. The molecule has 0 radical (unpaired) electrons. The van der Waals surface area contributed by atoms with Crippen molar-refractivity contribution >= 4 is 57.4 Å². The molecule has 0 aliphatic rings. The number of aromatic nitrogens is 1. The first-order valence-electron chi connectivity index (χ1n) is 5.55. The van der Waals surface area contributed by atoms with E-state index in [1.54, 1.807) is 6.07 Å². The van der Waals surface area contributed by atoms with Crippen LogP contribution in [0.1, 0.15) is 10.5 Å². The lowest BCUT2D eigenvalue weighted by Crippen LogP contribution is -2.09. The van der Waals surface area contributed by atoms with Crippen molar-refractivity contribution < 1.29 is 13.9 Å². The van der Waals surface area contributed by atoms with Crippen molar-refractivity contribution in [3.8, 4) is 11.3 Å². The molecule has 1 heterocycles. The van der Waals surface area contributed by atoms with E-state index in [4.69, 9.17) is 28.9 Å². The van der Waals surface area contributed by atoms with E-state index in [2.05, 4.69) is 9.72 Å². The minimum absolute atomic E-state index is 0.0104. The van der Waals surface area contributed by atoms with E-state index in [-0.39, 0.29) is 27.1 Å². The van der Waals surface area contributed by atoms with Crippen LogP contribution in [0.2, 0.25) is 10.0 Å². The fourth-order valence-electron chi connectivity index (χ4n) is 1.66. The molecular weight excluding hydrogens is 433 g/mol. The van der Waals surface area contributed by atoms with Crippen LogP contribution in [0.25, 0.3) is 11.3 Å². The second-order valence-corrected chi connectivity index (χ2v) is 5.78. The third-order valence-electron chi connectivity index (χ3n) is 2.70. The summed E-state index contributed by atoms with van der Waals surface area (Å²) in [5.74, 6) is -1.19. The Kier molecular flexibility index (Phi) is 4.90. The minimum atomic E-state index is -0.754. The summed E-state index contributed by atoms with van der Waals surface area (Å²) >= 11 is 13.9. The van der Waals surface area contributed by atoms with Crippen LogP contribution in [0.3, 0.4) is 0 Å². The number of hydrogen-bond donors (Lipinski definition) is 1. The van der Waals surface area contributed by atoms with E-state index in [9.17, 15) is 9.18 Å². The molecule has 1 aromatic carbocycles. The number of rotatable bonds is 2. The Morgan fingerprint density at radius 1 is 1.38 bits per heavy atom. The summed E-state index contributed by atoms with van der Waals surface area (Å²) in [5.41, 5.74) is 6.19. The van der Waals surface area contributed by atoms with Crippen LogP contribution in [0.15, 0.2) is 18.2 Å². The molecule has 0 fully saturated rings. The molecule has 0 aliphatic heterocycles. The number of nitrogen functional groups attached to an aromatic ring is 1. The third-order valence-corrected chi connectivity index (χ3v) is 4.56. The van der Waals surface area contributed by atoms with E-state index in [1.807, 2.05) is 22.6 Å². The normalized spacial score (nSPS) is 10.5. The lowest BCUT2D eigenvalue weighted by atomic mass is 10.1. The molecule has 0 spiro atoms. The fourth-order valence-corrected chi connectivity index (χ4v) is 2.77. The van der Waals surface area contributed by atoms with Gasteiger partial charge in [0.2, 0.25) is 0 Å². The molecular formula is C13H8Cl2FIN2O2. The van der Waals surface area contributed by atoms with Crippen molar-refractivity contribution in [1.82, 2.24) is 4.98 Å². The first-order chi connectivity index (χ1) is 9.88. The highest BCUT2D eigenvalue weighted by Gasteiger charge is 2.23. The zero-order valence-electron chi connectivity index (χ0n) is 10.6. The predicted octanol–water partition coefficient (Wildman–Crippen LogP) is 4.17. The Bertz CT molecular complexity index is 741. The minimum Gasteiger partial charge on any atom is -0.464 e. The average molecular weight is 441 g/mol. The van der Waals surface area contributed by atoms with Crippen molar-refractivity contribution in [2.24, 2.45) is 0 Å². The largest absolute Gasteiger partial charge is 0.464 e. The highest BCUT2D eigenvalue weighted by molar-refractivity contribution is 14.1. The number of halogens is 4. The second-order valence-electron chi connectivity index (χ2n) is 3.94.